The van der Waals surface area contributed by atoms with Crippen LogP contribution in [0.5, 0.6) is 0 Å². The minimum Gasteiger partial charge on any atom is -0.325 e. The van der Waals surface area contributed by atoms with Gasteiger partial charge in [0.05, 0.1) is 18.1 Å². The lowest BCUT2D eigenvalue weighted by atomic mass is 10.1. The van der Waals surface area contributed by atoms with Crippen molar-refractivity contribution in [2.45, 2.75) is 20.3 Å². The Labute approximate surface area is 132 Å². The van der Waals surface area contributed by atoms with E-state index in [2.05, 4.69) is 12.2 Å². The summed E-state index contributed by atoms with van der Waals surface area (Å²) in [5.41, 5.74) is 1.96. The molecule has 0 aliphatic carbocycles. The van der Waals surface area contributed by atoms with Crippen molar-refractivity contribution in [3.63, 3.8) is 0 Å². The summed E-state index contributed by atoms with van der Waals surface area (Å²) in [6.45, 7) is 5.28. The number of nitrogens with zero attached hydrogens (tertiary/aromatic N) is 1. The molecule has 122 valence electrons. The zero-order chi connectivity index (χ0) is 16.2. The van der Waals surface area contributed by atoms with Gasteiger partial charge in [-0.2, -0.15) is 0 Å². The molecule has 0 bridgehead atoms. The molecule has 0 aromatic heterocycles. The van der Waals surface area contributed by atoms with E-state index in [9.17, 15) is 13.2 Å². The van der Waals surface area contributed by atoms with Gasteiger partial charge in [0.1, 0.15) is 0 Å². The molecule has 1 N–H and O–H groups in total. The molecule has 1 aliphatic rings. The van der Waals surface area contributed by atoms with Gasteiger partial charge < -0.3 is 5.32 Å². The van der Waals surface area contributed by atoms with Crippen molar-refractivity contribution < 1.29 is 13.2 Å². The predicted molar refractivity (Wildman–Crippen MR) is 88.7 cm³/mol. The van der Waals surface area contributed by atoms with E-state index in [1.807, 2.05) is 36.1 Å². The average molecular weight is 324 g/mol. The first-order valence-corrected chi connectivity index (χ1v) is 9.51. The Balaban J connectivity index is 1.93. The molecule has 6 heteroatoms. The number of aryl methyl sites for hydroxylation is 1. The Kier molecular flexibility index (Phi) is 5.58. The van der Waals surface area contributed by atoms with Gasteiger partial charge in [-0.3, -0.25) is 9.69 Å². The highest BCUT2D eigenvalue weighted by molar-refractivity contribution is 7.91. The van der Waals surface area contributed by atoms with Crippen LogP contribution in [-0.2, 0) is 21.1 Å². The SMILES string of the molecule is CCc1cccc(NC(=O)CN2CCS(=O)(=O)CC(C)C2)c1. The fraction of sp³-hybridized carbons (Fsp3) is 0.562. The molecule has 1 atom stereocenters. The second-order valence-electron chi connectivity index (χ2n) is 6.06. The summed E-state index contributed by atoms with van der Waals surface area (Å²) in [7, 11) is -2.98. The summed E-state index contributed by atoms with van der Waals surface area (Å²) in [5.74, 6) is 0.308. The number of carbonyl (C=O) groups is 1. The smallest absolute Gasteiger partial charge is 0.238 e. The maximum absolute atomic E-state index is 12.2. The van der Waals surface area contributed by atoms with E-state index in [-0.39, 0.29) is 29.9 Å². The lowest BCUT2D eigenvalue weighted by Crippen LogP contribution is -2.36. The van der Waals surface area contributed by atoms with Gasteiger partial charge >= 0.3 is 0 Å². The van der Waals surface area contributed by atoms with E-state index in [0.717, 1.165) is 12.1 Å². The molecule has 5 nitrogen and oxygen atoms in total. The van der Waals surface area contributed by atoms with Gasteiger partial charge in [0.2, 0.25) is 5.91 Å². The van der Waals surface area contributed by atoms with E-state index in [1.54, 1.807) is 0 Å². The van der Waals surface area contributed by atoms with Crippen molar-refractivity contribution in [2.75, 3.05) is 36.5 Å². The van der Waals surface area contributed by atoms with Gasteiger partial charge in [-0.05, 0) is 30.0 Å². The number of amides is 1. The van der Waals surface area contributed by atoms with E-state index < -0.39 is 9.84 Å². The van der Waals surface area contributed by atoms with Crippen molar-refractivity contribution in [3.05, 3.63) is 29.8 Å². The van der Waals surface area contributed by atoms with Gasteiger partial charge in [-0.15, -0.1) is 0 Å². The summed E-state index contributed by atoms with van der Waals surface area (Å²) in [4.78, 5) is 14.1. The van der Waals surface area contributed by atoms with Gasteiger partial charge in [0, 0.05) is 18.8 Å². The standard InChI is InChI=1S/C16H24N2O3S/c1-3-14-5-4-6-15(9-14)17-16(19)11-18-7-8-22(20,21)12-13(2)10-18/h4-6,9,13H,3,7-8,10-12H2,1-2H3,(H,17,19). The Morgan fingerprint density at radius 2 is 2.18 bits per heavy atom. The van der Waals surface area contributed by atoms with Crippen LogP contribution in [0.1, 0.15) is 19.4 Å². The van der Waals surface area contributed by atoms with E-state index in [1.165, 1.54) is 5.56 Å². The zero-order valence-corrected chi connectivity index (χ0v) is 14.0. The van der Waals surface area contributed by atoms with Gasteiger partial charge in [0.15, 0.2) is 9.84 Å². The van der Waals surface area contributed by atoms with Crippen LogP contribution >= 0.6 is 0 Å². The molecule has 1 saturated heterocycles. The van der Waals surface area contributed by atoms with Crippen molar-refractivity contribution in [1.82, 2.24) is 4.90 Å². The molecule has 1 heterocycles. The minimum absolute atomic E-state index is 0.0590. The number of hydrogen-bond acceptors (Lipinski definition) is 4. The molecule has 0 spiro atoms. The lowest BCUT2D eigenvalue weighted by Gasteiger charge is -2.21. The lowest BCUT2D eigenvalue weighted by molar-refractivity contribution is -0.117. The van der Waals surface area contributed by atoms with E-state index in [0.29, 0.717) is 13.1 Å². The van der Waals surface area contributed by atoms with Crippen LogP contribution in [-0.4, -0.2) is 50.4 Å². The summed E-state index contributed by atoms with van der Waals surface area (Å²) >= 11 is 0. The third-order valence-electron chi connectivity index (χ3n) is 3.81. The number of sulfone groups is 1. The first kappa shape index (κ1) is 17.0. The second kappa shape index (κ2) is 7.24. The third kappa shape index (κ3) is 5.10. The van der Waals surface area contributed by atoms with E-state index >= 15 is 0 Å². The van der Waals surface area contributed by atoms with E-state index in [4.69, 9.17) is 0 Å². The zero-order valence-electron chi connectivity index (χ0n) is 13.2. The van der Waals surface area contributed by atoms with Crippen LogP contribution in [0.15, 0.2) is 24.3 Å². The number of nitrogens with one attached hydrogen (secondary N) is 1. The Bertz CT molecular complexity index is 628. The molecule has 0 radical (unpaired) electrons. The molecule has 2 rings (SSSR count). The van der Waals surface area contributed by atoms with Crippen molar-refractivity contribution in [3.8, 4) is 0 Å². The van der Waals surface area contributed by atoms with Gasteiger partial charge in [-0.25, -0.2) is 8.42 Å². The first-order valence-electron chi connectivity index (χ1n) is 7.69. The number of benzene rings is 1. The normalized spacial score (nSPS) is 22.0. The van der Waals surface area contributed by atoms with Crippen molar-refractivity contribution in [1.29, 1.82) is 0 Å². The summed E-state index contributed by atoms with van der Waals surface area (Å²) in [5, 5.41) is 2.89. The molecular weight excluding hydrogens is 300 g/mol. The molecule has 1 amide bonds. The highest BCUT2D eigenvalue weighted by Crippen LogP contribution is 2.13. The summed E-state index contributed by atoms with van der Waals surface area (Å²) < 4.78 is 23.5. The number of carbonyl (C=O) groups excluding carboxylic acids is 1. The van der Waals surface area contributed by atoms with Crippen molar-refractivity contribution >= 4 is 21.4 Å². The van der Waals surface area contributed by atoms with Crippen LogP contribution in [0.4, 0.5) is 5.69 Å². The molecule has 1 aromatic rings. The van der Waals surface area contributed by atoms with Crippen LogP contribution in [0.25, 0.3) is 0 Å². The van der Waals surface area contributed by atoms with Gasteiger partial charge in [0.25, 0.3) is 0 Å². The molecule has 1 aliphatic heterocycles. The number of anilines is 1. The first-order chi connectivity index (χ1) is 10.4. The molecular formula is C16H24N2O3S. The fourth-order valence-electron chi connectivity index (χ4n) is 2.79. The molecule has 1 unspecified atom stereocenters. The monoisotopic (exact) mass is 324 g/mol. The van der Waals surface area contributed by atoms with Crippen LogP contribution < -0.4 is 5.32 Å². The van der Waals surface area contributed by atoms with Crippen LogP contribution in [0.2, 0.25) is 0 Å². The average Bonchev–Trinajstić information content (AvgIpc) is 2.56. The highest BCUT2D eigenvalue weighted by Gasteiger charge is 2.25. The minimum atomic E-state index is -2.98. The van der Waals surface area contributed by atoms with Crippen LogP contribution in [0, 0.1) is 5.92 Å². The fourth-order valence-corrected chi connectivity index (χ4v) is 4.46. The molecule has 22 heavy (non-hydrogen) atoms. The summed E-state index contributed by atoms with van der Waals surface area (Å²) in [6, 6.07) is 7.78. The Hall–Kier alpha value is -1.40. The number of hydrogen-bond donors (Lipinski definition) is 1. The third-order valence-corrected chi connectivity index (χ3v) is 5.69. The van der Waals surface area contributed by atoms with Crippen molar-refractivity contribution in [2.24, 2.45) is 5.92 Å². The number of rotatable bonds is 4. The topological polar surface area (TPSA) is 66.5 Å². The molecule has 0 saturated carbocycles. The van der Waals surface area contributed by atoms with Crippen LogP contribution in [0.3, 0.4) is 0 Å². The summed E-state index contributed by atoms with van der Waals surface area (Å²) in [6.07, 6.45) is 0.922. The Morgan fingerprint density at radius 1 is 1.41 bits per heavy atom. The Morgan fingerprint density at radius 3 is 2.91 bits per heavy atom. The maximum Gasteiger partial charge on any atom is 0.238 e. The highest BCUT2D eigenvalue weighted by atomic mass is 32.2. The maximum atomic E-state index is 12.2. The molecule has 1 fully saturated rings. The quantitative estimate of drug-likeness (QED) is 0.912. The largest absolute Gasteiger partial charge is 0.325 e. The molecule has 1 aromatic carbocycles. The predicted octanol–water partition coefficient (Wildman–Crippen LogP) is 1.55. The second-order valence-corrected chi connectivity index (χ2v) is 8.29. The van der Waals surface area contributed by atoms with Gasteiger partial charge in [-0.1, -0.05) is 26.0 Å².